The quantitative estimate of drug-likeness (QED) is 0.708. The summed E-state index contributed by atoms with van der Waals surface area (Å²) in [5, 5.41) is 2.45. The first-order valence-electron chi connectivity index (χ1n) is 5.80. The Morgan fingerprint density at radius 2 is 1.88 bits per heavy atom. The molecule has 0 saturated carbocycles. The second-order valence-electron chi connectivity index (χ2n) is 3.97. The number of aldehydes is 1. The summed E-state index contributed by atoms with van der Waals surface area (Å²) in [6.45, 7) is 4.20. The maximum atomic E-state index is 11.2. The average molecular weight is 212 g/mol. The molecule has 0 spiro atoms. The van der Waals surface area contributed by atoms with Gasteiger partial charge in [0.1, 0.15) is 0 Å². The zero-order valence-corrected chi connectivity index (χ0v) is 9.79. The van der Waals surface area contributed by atoms with E-state index in [-0.39, 0.29) is 0 Å². The number of rotatable bonds is 3. The number of aryl methyl sites for hydroxylation is 2. The van der Waals surface area contributed by atoms with E-state index in [1.807, 2.05) is 12.1 Å². The Balaban J connectivity index is 2.87. The number of carbonyl (C=O) groups is 1. The van der Waals surface area contributed by atoms with Crippen LogP contribution in [0.25, 0.3) is 10.8 Å². The maximum absolute atomic E-state index is 11.2. The predicted molar refractivity (Wildman–Crippen MR) is 68.1 cm³/mol. The molecular weight excluding hydrogens is 196 g/mol. The van der Waals surface area contributed by atoms with Crippen molar-refractivity contribution in [2.24, 2.45) is 0 Å². The molecule has 0 amide bonds. The largest absolute Gasteiger partial charge is 0.298 e. The third-order valence-corrected chi connectivity index (χ3v) is 3.14. The number of benzene rings is 2. The van der Waals surface area contributed by atoms with E-state index in [0.29, 0.717) is 0 Å². The molecule has 0 atom stereocenters. The molecular formula is C15H16O. The minimum absolute atomic E-state index is 0.892. The first-order valence-corrected chi connectivity index (χ1v) is 5.80. The van der Waals surface area contributed by atoms with Gasteiger partial charge in [0.2, 0.25) is 0 Å². The second kappa shape index (κ2) is 4.48. The van der Waals surface area contributed by atoms with Crippen LogP contribution in [0.5, 0.6) is 0 Å². The van der Waals surface area contributed by atoms with Crippen molar-refractivity contribution in [1.29, 1.82) is 0 Å². The van der Waals surface area contributed by atoms with Gasteiger partial charge in [-0.1, -0.05) is 44.2 Å². The molecule has 0 heterocycles. The molecule has 0 aliphatic rings. The van der Waals surface area contributed by atoms with Gasteiger partial charge in [0.05, 0.1) is 0 Å². The van der Waals surface area contributed by atoms with Crippen molar-refractivity contribution in [3.63, 3.8) is 0 Å². The van der Waals surface area contributed by atoms with Crippen LogP contribution in [0.15, 0.2) is 30.3 Å². The Morgan fingerprint density at radius 1 is 1.12 bits per heavy atom. The van der Waals surface area contributed by atoms with E-state index in [1.165, 1.54) is 16.3 Å². The van der Waals surface area contributed by atoms with Gasteiger partial charge in [0.25, 0.3) is 0 Å². The molecule has 0 radical (unpaired) electrons. The average Bonchev–Trinajstić information content (AvgIpc) is 2.36. The van der Waals surface area contributed by atoms with Crippen molar-refractivity contribution in [1.82, 2.24) is 0 Å². The van der Waals surface area contributed by atoms with Gasteiger partial charge in [0.15, 0.2) is 6.29 Å². The van der Waals surface area contributed by atoms with Crippen molar-refractivity contribution in [3.05, 3.63) is 47.0 Å². The molecule has 0 saturated heterocycles. The molecule has 0 aromatic heterocycles. The molecule has 2 aromatic carbocycles. The summed E-state index contributed by atoms with van der Waals surface area (Å²) in [6.07, 6.45) is 2.82. The lowest BCUT2D eigenvalue weighted by molar-refractivity contribution is 0.112. The summed E-state index contributed by atoms with van der Waals surface area (Å²) < 4.78 is 0. The van der Waals surface area contributed by atoms with Gasteiger partial charge in [-0.05, 0) is 34.7 Å². The van der Waals surface area contributed by atoms with Gasteiger partial charge in [-0.2, -0.15) is 0 Å². The molecule has 0 aliphatic heterocycles. The molecule has 2 aromatic rings. The van der Waals surface area contributed by atoms with E-state index >= 15 is 0 Å². The molecule has 16 heavy (non-hydrogen) atoms. The SMILES string of the molecule is CCc1cc2ccccc2c(CC)c1C=O. The minimum Gasteiger partial charge on any atom is -0.298 e. The predicted octanol–water partition coefficient (Wildman–Crippen LogP) is 3.78. The molecule has 0 bridgehead atoms. The fourth-order valence-corrected chi connectivity index (χ4v) is 2.32. The van der Waals surface area contributed by atoms with Crippen molar-refractivity contribution >= 4 is 17.1 Å². The highest BCUT2D eigenvalue weighted by Gasteiger charge is 2.09. The summed E-state index contributed by atoms with van der Waals surface area (Å²) in [5.74, 6) is 0. The van der Waals surface area contributed by atoms with Crippen LogP contribution in [0, 0.1) is 0 Å². The Morgan fingerprint density at radius 3 is 2.50 bits per heavy atom. The molecule has 1 heteroatoms. The van der Waals surface area contributed by atoms with Crippen LogP contribution in [-0.2, 0) is 12.8 Å². The fraction of sp³-hybridized carbons (Fsp3) is 0.267. The monoisotopic (exact) mass is 212 g/mol. The lowest BCUT2D eigenvalue weighted by atomic mass is 9.92. The Kier molecular flexibility index (Phi) is 3.04. The normalized spacial score (nSPS) is 10.6. The van der Waals surface area contributed by atoms with E-state index in [1.54, 1.807) is 0 Å². The third-order valence-electron chi connectivity index (χ3n) is 3.14. The van der Waals surface area contributed by atoms with Crippen LogP contribution in [0.1, 0.15) is 35.3 Å². The zero-order valence-electron chi connectivity index (χ0n) is 9.79. The standard InChI is InChI=1S/C15H16O/c1-3-11-9-12-7-5-6-8-14(12)13(4-2)15(11)10-16/h5-10H,3-4H2,1-2H3. The first-order chi connectivity index (χ1) is 7.81. The number of fused-ring (bicyclic) bond motifs is 1. The highest BCUT2D eigenvalue weighted by Crippen LogP contribution is 2.25. The summed E-state index contributed by atoms with van der Waals surface area (Å²) in [4.78, 5) is 11.2. The van der Waals surface area contributed by atoms with Gasteiger partial charge < -0.3 is 0 Å². The number of hydrogen-bond donors (Lipinski definition) is 0. The highest BCUT2D eigenvalue weighted by molar-refractivity contribution is 5.94. The molecule has 1 nitrogen and oxygen atoms in total. The topological polar surface area (TPSA) is 17.1 Å². The smallest absolute Gasteiger partial charge is 0.150 e. The van der Waals surface area contributed by atoms with Crippen LogP contribution >= 0.6 is 0 Å². The van der Waals surface area contributed by atoms with E-state index in [4.69, 9.17) is 0 Å². The van der Waals surface area contributed by atoms with E-state index in [2.05, 4.69) is 32.0 Å². The van der Waals surface area contributed by atoms with E-state index in [9.17, 15) is 4.79 Å². The van der Waals surface area contributed by atoms with Crippen molar-refractivity contribution in [3.8, 4) is 0 Å². The van der Waals surface area contributed by atoms with Crippen molar-refractivity contribution < 1.29 is 4.79 Å². The van der Waals surface area contributed by atoms with Gasteiger partial charge in [-0.3, -0.25) is 4.79 Å². The summed E-state index contributed by atoms with van der Waals surface area (Å²) in [5.41, 5.74) is 3.24. The van der Waals surface area contributed by atoms with Crippen LogP contribution in [-0.4, -0.2) is 6.29 Å². The third kappa shape index (κ3) is 1.63. The molecule has 0 aliphatic carbocycles. The molecule has 0 unspecified atom stereocenters. The lowest BCUT2D eigenvalue weighted by Gasteiger charge is -2.12. The Hall–Kier alpha value is -1.63. The number of carbonyl (C=O) groups excluding carboxylic acids is 1. The van der Waals surface area contributed by atoms with Gasteiger partial charge in [-0.25, -0.2) is 0 Å². The number of hydrogen-bond acceptors (Lipinski definition) is 1. The first kappa shape index (κ1) is 10.9. The van der Waals surface area contributed by atoms with Crippen LogP contribution in [0.3, 0.4) is 0 Å². The lowest BCUT2D eigenvalue weighted by Crippen LogP contribution is -1.99. The zero-order chi connectivity index (χ0) is 11.5. The van der Waals surface area contributed by atoms with Crippen molar-refractivity contribution in [2.45, 2.75) is 26.7 Å². The van der Waals surface area contributed by atoms with Crippen LogP contribution in [0.4, 0.5) is 0 Å². The summed E-state index contributed by atoms with van der Waals surface area (Å²) in [6, 6.07) is 10.4. The second-order valence-corrected chi connectivity index (χ2v) is 3.97. The molecule has 0 fully saturated rings. The van der Waals surface area contributed by atoms with Gasteiger partial charge >= 0.3 is 0 Å². The molecule has 2 rings (SSSR count). The fourth-order valence-electron chi connectivity index (χ4n) is 2.32. The van der Waals surface area contributed by atoms with Crippen LogP contribution in [0.2, 0.25) is 0 Å². The minimum atomic E-state index is 0.892. The maximum Gasteiger partial charge on any atom is 0.150 e. The van der Waals surface area contributed by atoms with Gasteiger partial charge in [0, 0.05) is 5.56 Å². The highest BCUT2D eigenvalue weighted by atomic mass is 16.1. The summed E-state index contributed by atoms with van der Waals surface area (Å²) in [7, 11) is 0. The Labute approximate surface area is 96.1 Å². The van der Waals surface area contributed by atoms with Gasteiger partial charge in [-0.15, -0.1) is 0 Å². The molecule has 0 N–H and O–H groups in total. The Bertz CT molecular complexity index is 526. The van der Waals surface area contributed by atoms with E-state index in [0.717, 1.165) is 30.3 Å². The summed E-state index contributed by atoms with van der Waals surface area (Å²) >= 11 is 0. The van der Waals surface area contributed by atoms with Crippen molar-refractivity contribution in [2.75, 3.05) is 0 Å². The van der Waals surface area contributed by atoms with E-state index < -0.39 is 0 Å². The molecule has 82 valence electrons. The van der Waals surface area contributed by atoms with Crippen LogP contribution < -0.4 is 0 Å².